The summed E-state index contributed by atoms with van der Waals surface area (Å²) < 4.78 is 16.6. The van der Waals surface area contributed by atoms with Crippen molar-refractivity contribution in [3.8, 4) is 17.2 Å². The Hall–Kier alpha value is -1.36. The molecular weight excluding hydrogens is 300 g/mol. The van der Waals surface area contributed by atoms with Crippen molar-refractivity contribution in [3.63, 3.8) is 0 Å². The molecule has 1 fully saturated rings. The number of thioether (sulfide) groups is 1. The van der Waals surface area contributed by atoms with Crippen LogP contribution in [0, 0.1) is 0 Å². The molecule has 1 aliphatic heterocycles. The Balaban J connectivity index is 2.24. The molecule has 0 amide bonds. The van der Waals surface area contributed by atoms with Gasteiger partial charge < -0.3 is 14.2 Å². The molecule has 0 saturated heterocycles. The lowest BCUT2D eigenvalue weighted by Gasteiger charge is -2.31. The highest BCUT2D eigenvalue weighted by atomic mass is 32.2. The van der Waals surface area contributed by atoms with Gasteiger partial charge in [-0.1, -0.05) is 12.8 Å². The van der Waals surface area contributed by atoms with E-state index in [0.29, 0.717) is 34.2 Å². The van der Waals surface area contributed by atoms with Gasteiger partial charge in [0.25, 0.3) is 0 Å². The lowest BCUT2D eigenvalue weighted by molar-refractivity contribution is 0.102. The average molecular weight is 322 g/mol. The van der Waals surface area contributed by atoms with Gasteiger partial charge in [0.15, 0.2) is 17.3 Å². The van der Waals surface area contributed by atoms with Crippen LogP contribution in [-0.4, -0.2) is 38.1 Å². The Bertz CT molecular complexity index is 585. The van der Waals surface area contributed by atoms with Crippen LogP contribution in [0.4, 0.5) is 0 Å². The van der Waals surface area contributed by atoms with Crippen LogP contribution in [0.15, 0.2) is 6.07 Å². The fourth-order valence-corrected chi connectivity index (χ4v) is 5.02. The second kappa shape index (κ2) is 6.41. The number of ketones is 1. The molecule has 4 nitrogen and oxygen atoms in total. The Morgan fingerprint density at radius 2 is 1.77 bits per heavy atom. The molecule has 2 unspecified atom stereocenters. The van der Waals surface area contributed by atoms with Crippen LogP contribution in [0.25, 0.3) is 0 Å². The first kappa shape index (κ1) is 15.5. The number of benzene rings is 1. The quantitative estimate of drug-likeness (QED) is 0.849. The van der Waals surface area contributed by atoms with Gasteiger partial charge in [0.2, 0.25) is 5.75 Å². The summed E-state index contributed by atoms with van der Waals surface area (Å²) in [5.41, 5.74) is 1.77. The summed E-state index contributed by atoms with van der Waals surface area (Å²) in [5, 5.41) is 0.492. The summed E-state index contributed by atoms with van der Waals surface area (Å²) in [5.74, 6) is 2.87. The van der Waals surface area contributed by atoms with Gasteiger partial charge in [-0.05, 0) is 18.9 Å². The van der Waals surface area contributed by atoms with Crippen LogP contribution < -0.4 is 14.2 Å². The summed E-state index contributed by atoms with van der Waals surface area (Å²) >= 11 is 1.79. The van der Waals surface area contributed by atoms with Crippen LogP contribution in [0.3, 0.4) is 0 Å². The number of fused-ring (bicyclic) bond motifs is 3. The number of hydrogen-bond donors (Lipinski definition) is 0. The third-order valence-electron chi connectivity index (χ3n) is 4.67. The molecule has 3 rings (SSSR count). The molecule has 1 aliphatic carbocycles. The third-order valence-corrected chi connectivity index (χ3v) is 6.09. The molecule has 120 valence electrons. The maximum atomic E-state index is 12.6. The van der Waals surface area contributed by atoms with Crippen molar-refractivity contribution in [2.24, 2.45) is 0 Å². The highest BCUT2D eigenvalue weighted by molar-refractivity contribution is 8.00. The normalized spacial score (nSPS) is 24.0. The lowest BCUT2D eigenvalue weighted by atomic mass is 9.80. The Morgan fingerprint density at radius 1 is 1.05 bits per heavy atom. The van der Waals surface area contributed by atoms with E-state index in [-0.39, 0.29) is 5.78 Å². The van der Waals surface area contributed by atoms with Crippen molar-refractivity contribution in [2.75, 3.05) is 27.1 Å². The molecule has 22 heavy (non-hydrogen) atoms. The molecule has 0 spiro atoms. The summed E-state index contributed by atoms with van der Waals surface area (Å²) in [6.07, 6.45) is 4.71. The zero-order chi connectivity index (χ0) is 15.7. The highest BCUT2D eigenvalue weighted by Crippen LogP contribution is 2.52. The fourth-order valence-electron chi connectivity index (χ4n) is 3.66. The van der Waals surface area contributed by atoms with E-state index < -0.39 is 0 Å². The first-order valence-electron chi connectivity index (χ1n) is 7.69. The Kier molecular flexibility index (Phi) is 4.52. The van der Waals surface area contributed by atoms with Gasteiger partial charge >= 0.3 is 0 Å². The van der Waals surface area contributed by atoms with Gasteiger partial charge in [0.05, 0.1) is 27.1 Å². The summed E-state index contributed by atoms with van der Waals surface area (Å²) in [6.45, 7) is 0. The standard InChI is InChI=1S/C17H22O4S/c1-19-13-8-11-12(18)9-22-14-7-5-4-6-10(14)15(11)17(21-3)16(13)20-2/h8,10,14H,4-7,9H2,1-3H3. The number of methoxy groups -OCH3 is 3. The minimum absolute atomic E-state index is 0.161. The van der Waals surface area contributed by atoms with E-state index in [1.807, 2.05) is 6.07 Å². The SMILES string of the molecule is COc1cc2c(c(OC)c1OC)C1CCCCC1SCC2=O. The minimum atomic E-state index is 0.161. The minimum Gasteiger partial charge on any atom is -0.493 e. The largest absolute Gasteiger partial charge is 0.493 e. The predicted octanol–water partition coefficient (Wildman–Crippen LogP) is 3.67. The number of Topliss-reactive ketones (excluding diaryl/α,β-unsaturated/α-hetero) is 1. The topological polar surface area (TPSA) is 44.8 Å². The predicted molar refractivity (Wildman–Crippen MR) is 87.9 cm³/mol. The maximum Gasteiger partial charge on any atom is 0.203 e. The van der Waals surface area contributed by atoms with E-state index in [9.17, 15) is 4.79 Å². The molecule has 0 aromatic heterocycles. The van der Waals surface area contributed by atoms with Gasteiger partial charge in [-0.2, -0.15) is 0 Å². The van der Waals surface area contributed by atoms with Crippen molar-refractivity contribution in [1.82, 2.24) is 0 Å². The van der Waals surface area contributed by atoms with E-state index in [4.69, 9.17) is 14.2 Å². The first-order valence-corrected chi connectivity index (χ1v) is 8.73. The second-order valence-electron chi connectivity index (χ2n) is 5.77. The van der Waals surface area contributed by atoms with E-state index >= 15 is 0 Å². The molecular formula is C17H22O4S. The molecule has 1 aromatic carbocycles. The van der Waals surface area contributed by atoms with Gasteiger partial charge in [-0.3, -0.25) is 4.79 Å². The fraction of sp³-hybridized carbons (Fsp3) is 0.588. The molecule has 5 heteroatoms. The molecule has 0 bridgehead atoms. The molecule has 0 radical (unpaired) electrons. The van der Waals surface area contributed by atoms with Crippen molar-refractivity contribution in [2.45, 2.75) is 36.9 Å². The van der Waals surface area contributed by atoms with Crippen molar-refractivity contribution < 1.29 is 19.0 Å². The second-order valence-corrected chi connectivity index (χ2v) is 7.00. The zero-order valence-corrected chi connectivity index (χ0v) is 14.1. The molecule has 0 N–H and O–H groups in total. The van der Waals surface area contributed by atoms with Crippen LogP contribution in [0.5, 0.6) is 17.2 Å². The van der Waals surface area contributed by atoms with E-state index in [1.165, 1.54) is 19.3 Å². The lowest BCUT2D eigenvalue weighted by Crippen LogP contribution is -2.20. The smallest absolute Gasteiger partial charge is 0.203 e. The van der Waals surface area contributed by atoms with E-state index in [2.05, 4.69) is 0 Å². The monoisotopic (exact) mass is 322 g/mol. The number of carbonyl (C=O) groups excluding carboxylic acids is 1. The van der Waals surface area contributed by atoms with E-state index in [0.717, 1.165) is 17.5 Å². The van der Waals surface area contributed by atoms with Crippen molar-refractivity contribution in [3.05, 3.63) is 17.2 Å². The molecule has 1 saturated carbocycles. The Morgan fingerprint density at radius 3 is 2.45 bits per heavy atom. The van der Waals surface area contributed by atoms with Crippen LogP contribution >= 0.6 is 11.8 Å². The summed E-state index contributed by atoms with van der Waals surface area (Å²) in [7, 11) is 4.83. The van der Waals surface area contributed by atoms with Gasteiger partial charge in [-0.15, -0.1) is 11.8 Å². The average Bonchev–Trinajstić information content (AvgIpc) is 2.70. The zero-order valence-electron chi connectivity index (χ0n) is 13.3. The van der Waals surface area contributed by atoms with Gasteiger partial charge in [0.1, 0.15) is 0 Å². The summed E-state index contributed by atoms with van der Waals surface area (Å²) in [6, 6.07) is 1.83. The van der Waals surface area contributed by atoms with Crippen molar-refractivity contribution in [1.29, 1.82) is 0 Å². The highest BCUT2D eigenvalue weighted by Gasteiger charge is 2.37. The Labute approximate surface area is 135 Å². The maximum absolute atomic E-state index is 12.6. The van der Waals surface area contributed by atoms with E-state index in [1.54, 1.807) is 33.1 Å². The molecule has 2 aliphatic rings. The molecule has 1 heterocycles. The summed E-state index contributed by atoms with van der Waals surface area (Å²) in [4.78, 5) is 12.6. The molecule has 1 aromatic rings. The number of ether oxygens (including phenoxy) is 3. The molecule has 2 atom stereocenters. The van der Waals surface area contributed by atoms with Crippen LogP contribution in [0.2, 0.25) is 0 Å². The van der Waals surface area contributed by atoms with Crippen LogP contribution in [-0.2, 0) is 0 Å². The first-order chi connectivity index (χ1) is 10.7. The van der Waals surface area contributed by atoms with Gasteiger partial charge in [-0.25, -0.2) is 0 Å². The van der Waals surface area contributed by atoms with Gasteiger partial charge in [0, 0.05) is 22.3 Å². The number of carbonyl (C=O) groups is 1. The number of hydrogen-bond acceptors (Lipinski definition) is 5. The third kappa shape index (κ3) is 2.45. The van der Waals surface area contributed by atoms with Crippen LogP contribution in [0.1, 0.15) is 47.5 Å². The number of rotatable bonds is 3. The van der Waals surface area contributed by atoms with Crippen molar-refractivity contribution >= 4 is 17.5 Å².